The van der Waals surface area contributed by atoms with Gasteiger partial charge in [0.05, 0.1) is 29.1 Å². The van der Waals surface area contributed by atoms with Crippen LogP contribution in [-0.2, 0) is 20.0 Å². The van der Waals surface area contributed by atoms with Gasteiger partial charge in [-0.25, -0.2) is 4.98 Å². The zero-order chi connectivity index (χ0) is 21.8. The van der Waals surface area contributed by atoms with Crippen LogP contribution in [0.3, 0.4) is 0 Å². The van der Waals surface area contributed by atoms with E-state index in [0.717, 1.165) is 55.4 Å². The van der Waals surface area contributed by atoms with Crippen molar-refractivity contribution in [3.05, 3.63) is 46.5 Å². The largest absolute Gasteiger partial charge is 0.378 e. The Morgan fingerprint density at radius 1 is 1.16 bits per heavy atom. The molecule has 0 radical (unpaired) electrons. The molecule has 0 amide bonds. The number of benzene rings is 1. The van der Waals surface area contributed by atoms with Gasteiger partial charge in [0.15, 0.2) is 0 Å². The summed E-state index contributed by atoms with van der Waals surface area (Å²) >= 11 is 6.33. The van der Waals surface area contributed by atoms with Crippen molar-refractivity contribution < 1.29 is 0 Å². The summed E-state index contributed by atoms with van der Waals surface area (Å²) in [6, 6.07) is 5.87. The average Bonchev–Trinajstić information content (AvgIpc) is 3.13. The van der Waals surface area contributed by atoms with Crippen LogP contribution >= 0.6 is 11.6 Å². The summed E-state index contributed by atoms with van der Waals surface area (Å²) in [4.78, 5) is 20.5. The van der Waals surface area contributed by atoms with Gasteiger partial charge in [-0.1, -0.05) is 30.7 Å². The summed E-state index contributed by atoms with van der Waals surface area (Å²) in [5.41, 5.74) is 3.05. The van der Waals surface area contributed by atoms with Crippen molar-refractivity contribution in [3.63, 3.8) is 0 Å². The minimum atomic E-state index is 0.510. The molecule has 3 aromatic rings. The van der Waals surface area contributed by atoms with Crippen LogP contribution in [0, 0.1) is 6.92 Å². The van der Waals surface area contributed by atoms with Crippen LogP contribution < -0.4 is 20.9 Å². The van der Waals surface area contributed by atoms with Crippen LogP contribution in [0.2, 0.25) is 5.02 Å². The third kappa shape index (κ3) is 4.88. The van der Waals surface area contributed by atoms with Crippen molar-refractivity contribution in [2.75, 3.05) is 41.7 Å². The monoisotopic (exact) mass is 441 g/mol. The number of imidazole rings is 1. The topological polar surface area (TPSA) is 95.8 Å². The lowest BCUT2D eigenvalue weighted by Gasteiger charge is -2.27. The second-order valence-electron chi connectivity index (χ2n) is 7.51. The van der Waals surface area contributed by atoms with Crippen LogP contribution in [0.15, 0.2) is 24.4 Å². The summed E-state index contributed by atoms with van der Waals surface area (Å²) in [5.74, 6) is 2.65. The van der Waals surface area contributed by atoms with Crippen LogP contribution in [0.4, 0.5) is 23.5 Å². The first-order chi connectivity index (χ1) is 15.0. The standard InChI is InChI=1S/C21H28ClN9/c1-4-17-26-19(29-21(27-17)31-10-8-23-9-11-31)28-20-25-13-15(30(20)3)12-24-18-14(2)6-5-7-16(18)22/h5-7,13,23-24H,4,8-12H2,1-3H3,(H,25,26,27,28,29). The van der Waals surface area contributed by atoms with E-state index in [-0.39, 0.29) is 0 Å². The zero-order valence-corrected chi connectivity index (χ0v) is 18.9. The maximum absolute atomic E-state index is 6.33. The smallest absolute Gasteiger partial charge is 0.234 e. The molecule has 0 unspecified atom stereocenters. The minimum Gasteiger partial charge on any atom is -0.378 e. The summed E-state index contributed by atoms with van der Waals surface area (Å²) in [5, 5.41) is 10.7. The van der Waals surface area contributed by atoms with Gasteiger partial charge in [0.1, 0.15) is 5.82 Å². The van der Waals surface area contributed by atoms with Gasteiger partial charge in [0, 0.05) is 39.6 Å². The number of aromatic nitrogens is 5. The fraction of sp³-hybridized carbons (Fsp3) is 0.429. The van der Waals surface area contributed by atoms with Gasteiger partial charge < -0.3 is 20.1 Å². The van der Waals surface area contributed by atoms with E-state index in [1.807, 2.05) is 49.9 Å². The maximum Gasteiger partial charge on any atom is 0.234 e. The van der Waals surface area contributed by atoms with E-state index in [4.69, 9.17) is 11.6 Å². The van der Waals surface area contributed by atoms with E-state index in [0.29, 0.717) is 29.4 Å². The number of rotatable bonds is 7. The van der Waals surface area contributed by atoms with Crippen molar-refractivity contribution in [1.82, 2.24) is 29.8 Å². The van der Waals surface area contributed by atoms with Crippen LogP contribution in [0.1, 0.15) is 24.0 Å². The highest BCUT2D eigenvalue weighted by atomic mass is 35.5. The molecule has 0 saturated carbocycles. The molecule has 0 atom stereocenters. The Balaban J connectivity index is 1.50. The van der Waals surface area contributed by atoms with E-state index in [1.165, 1.54) is 0 Å². The average molecular weight is 442 g/mol. The molecule has 3 N–H and O–H groups in total. The predicted octanol–water partition coefficient (Wildman–Crippen LogP) is 2.89. The van der Waals surface area contributed by atoms with Gasteiger partial charge in [-0.15, -0.1) is 0 Å². The summed E-state index contributed by atoms with van der Waals surface area (Å²) in [6.07, 6.45) is 2.57. The lowest BCUT2D eigenvalue weighted by molar-refractivity contribution is 0.578. The first-order valence-corrected chi connectivity index (χ1v) is 10.9. The third-order valence-corrected chi connectivity index (χ3v) is 5.68. The Morgan fingerprint density at radius 3 is 2.71 bits per heavy atom. The first kappa shape index (κ1) is 21.3. The number of piperazine rings is 1. The molecule has 164 valence electrons. The minimum absolute atomic E-state index is 0.510. The fourth-order valence-corrected chi connectivity index (χ4v) is 3.78. The Kier molecular flexibility index (Phi) is 6.53. The number of nitrogens with zero attached hydrogens (tertiary/aromatic N) is 6. The molecule has 1 fully saturated rings. The second kappa shape index (κ2) is 9.49. The maximum atomic E-state index is 6.33. The molecule has 0 bridgehead atoms. The van der Waals surface area contributed by atoms with Gasteiger partial charge in [-0.2, -0.15) is 15.0 Å². The molecule has 31 heavy (non-hydrogen) atoms. The van der Waals surface area contributed by atoms with Gasteiger partial charge in [0.2, 0.25) is 17.8 Å². The second-order valence-corrected chi connectivity index (χ2v) is 7.92. The fourth-order valence-electron chi connectivity index (χ4n) is 3.49. The lowest BCUT2D eigenvalue weighted by Crippen LogP contribution is -2.44. The van der Waals surface area contributed by atoms with Crippen molar-refractivity contribution in [2.24, 2.45) is 7.05 Å². The number of anilines is 4. The summed E-state index contributed by atoms with van der Waals surface area (Å²) < 4.78 is 1.99. The number of hydrogen-bond donors (Lipinski definition) is 3. The van der Waals surface area contributed by atoms with Crippen molar-refractivity contribution in [1.29, 1.82) is 0 Å². The Labute approximate surface area is 187 Å². The van der Waals surface area contributed by atoms with E-state index < -0.39 is 0 Å². The van der Waals surface area contributed by atoms with Gasteiger partial charge in [0.25, 0.3) is 0 Å². The lowest BCUT2D eigenvalue weighted by atomic mass is 10.2. The number of aryl methyl sites for hydroxylation is 2. The van der Waals surface area contributed by atoms with Crippen LogP contribution in [0.5, 0.6) is 0 Å². The number of hydrogen-bond acceptors (Lipinski definition) is 8. The van der Waals surface area contributed by atoms with Crippen molar-refractivity contribution >= 4 is 35.1 Å². The Hall–Kier alpha value is -2.91. The van der Waals surface area contributed by atoms with Crippen molar-refractivity contribution in [2.45, 2.75) is 26.8 Å². The molecule has 1 aromatic carbocycles. The number of para-hydroxylation sites is 1. The molecule has 4 rings (SSSR count). The molecular weight excluding hydrogens is 414 g/mol. The van der Waals surface area contributed by atoms with E-state index >= 15 is 0 Å². The molecule has 10 heteroatoms. The highest BCUT2D eigenvalue weighted by Gasteiger charge is 2.17. The van der Waals surface area contributed by atoms with Gasteiger partial charge in [-0.05, 0) is 18.6 Å². The summed E-state index contributed by atoms with van der Waals surface area (Å²) in [7, 11) is 1.96. The molecule has 1 saturated heterocycles. The molecule has 0 aliphatic carbocycles. The summed E-state index contributed by atoms with van der Waals surface area (Å²) in [6.45, 7) is 8.29. The highest BCUT2D eigenvalue weighted by molar-refractivity contribution is 6.33. The van der Waals surface area contributed by atoms with E-state index in [9.17, 15) is 0 Å². The van der Waals surface area contributed by atoms with Crippen LogP contribution in [0.25, 0.3) is 0 Å². The van der Waals surface area contributed by atoms with Gasteiger partial charge in [-0.3, -0.25) is 5.32 Å². The molecule has 2 aromatic heterocycles. The van der Waals surface area contributed by atoms with E-state index in [2.05, 4.69) is 40.8 Å². The van der Waals surface area contributed by atoms with E-state index in [1.54, 1.807) is 0 Å². The Morgan fingerprint density at radius 2 is 1.97 bits per heavy atom. The van der Waals surface area contributed by atoms with Crippen molar-refractivity contribution in [3.8, 4) is 0 Å². The quantitative estimate of drug-likeness (QED) is 0.515. The normalized spacial score (nSPS) is 14.0. The van der Waals surface area contributed by atoms with Crippen LogP contribution in [-0.4, -0.2) is 50.7 Å². The molecule has 1 aliphatic rings. The molecule has 3 heterocycles. The number of halogens is 1. The molecule has 9 nitrogen and oxygen atoms in total. The molecule has 1 aliphatic heterocycles. The Bertz CT molecular complexity index is 1020. The predicted molar refractivity (Wildman–Crippen MR) is 124 cm³/mol. The zero-order valence-electron chi connectivity index (χ0n) is 18.1. The molecular formula is C21H28ClN9. The third-order valence-electron chi connectivity index (χ3n) is 5.36. The first-order valence-electron chi connectivity index (χ1n) is 10.5. The molecule has 0 spiro atoms. The van der Waals surface area contributed by atoms with Gasteiger partial charge >= 0.3 is 0 Å². The highest BCUT2D eigenvalue weighted by Crippen LogP contribution is 2.26. The SMILES string of the molecule is CCc1nc(Nc2ncc(CNc3c(C)cccc3Cl)n2C)nc(N2CCNCC2)n1. The number of nitrogens with one attached hydrogen (secondary N) is 3.